The summed E-state index contributed by atoms with van der Waals surface area (Å²) in [5.74, 6) is 0.246. The molecule has 2 heterocycles. The lowest BCUT2D eigenvalue weighted by Gasteiger charge is -2.26. The Labute approximate surface area is 112 Å². The fraction of sp³-hybridized carbons (Fsp3) is 0.692. The summed E-state index contributed by atoms with van der Waals surface area (Å²) >= 11 is 1.57. The lowest BCUT2D eigenvalue weighted by molar-refractivity contribution is -0.120. The van der Waals surface area contributed by atoms with Crippen LogP contribution in [-0.2, 0) is 11.2 Å². The first-order valence-electron chi connectivity index (χ1n) is 6.60. The van der Waals surface area contributed by atoms with Gasteiger partial charge < -0.3 is 10.6 Å². The molecule has 0 saturated carbocycles. The molecule has 1 saturated heterocycles. The molecule has 0 bridgehead atoms. The van der Waals surface area contributed by atoms with Crippen molar-refractivity contribution in [2.24, 2.45) is 5.92 Å². The van der Waals surface area contributed by atoms with E-state index in [1.165, 1.54) is 4.88 Å². The van der Waals surface area contributed by atoms with E-state index in [1.54, 1.807) is 11.3 Å². The normalized spacial score (nSPS) is 23.9. The number of aromatic nitrogens is 1. The van der Waals surface area contributed by atoms with Crippen molar-refractivity contribution in [3.05, 3.63) is 10.6 Å². The van der Waals surface area contributed by atoms with Crippen molar-refractivity contribution in [3.8, 4) is 0 Å². The predicted molar refractivity (Wildman–Crippen MR) is 75.0 cm³/mol. The number of amides is 1. The van der Waals surface area contributed by atoms with Crippen LogP contribution in [0.5, 0.6) is 0 Å². The molecule has 0 radical (unpaired) electrons. The maximum absolute atomic E-state index is 12.1. The molecule has 1 aromatic rings. The first-order chi connectivity index (χ1) is 8.60. The van der Waals surface area contributed by atoms with Crippen LogP contribution in [0.1, 0.15) is 37.3 Å². The smallest absolute Gasteiger partial charge is 0.229 e. The minimum absolute atomic E-state index is 0.121. The van der Waals surface area contributed by atoms with Gasteiger partial charge in [-0.3, -0.25) is 4.79 Å². The van der Waals surface area contributed by atoms with E-state index in [0.717, 1.165) is 36.6 Å². The first-order valence-corrected chi connectivity index (χ1v) is 7.42. The first kappa shape index (κ1) is 13.5. The number of anilines is 1. The minimum atomic E-state index is 0.121. The molecular formula is C13H21N3OS. The number of nitrogens with zero attached hydrogens (tertiary/aromatic N) is 1. The Morgan fingerprint density at radius 1 is 1.61 bits per heavy atom. The topological polar surface area (TPSA) is 54.0 Å². The molecule has 1 aromatic heterocycles. The van der Waals surface area contributed by atoms with Gasteiger partial charge in [0.05, 0.1) is 5.69 Å². The van der Waals surface area contributed by atoms with Crippen molar-refractivity contribution in [1.29, 1.82) is 0 Å². The second-order valence-corrected chi connectivity index (χ2v) is 6.14. The largest absolute Gasteiger partial charge is 0.314 e. The van der Waals surface area contributed by atoms with Crippen LogP contribution in [0.2, 0.25) is 0 Å². The van der Waals surface area contributed by atoms with E-state index in [1.807, 2.05) is 0 Å². The summed E-state index contributed by atoms with van der Waals surface area (Å²) in [6.07, 6.45) is 2.75. The highest BCUT2D eigenvalue weighted by molar-refractivity contribution is 7.15. The Balaban J connectivity index is 1.97. The van der Waals surface area contributed by atoms with E-state index in [0.29, 0.717) is 6.04 Å². The van der Waals surface area contributed by atoms with Crippen molar-refractivity contribution in [3.63, 3.8) is 0 Å². The average Bonchev–Trinajstić information content (AvgIpc) is 2.69. The number of carbonyl (C=O) groups is 1. The van der Waals surface area contributed by atoms with Crippen LogP contribution < -0.4 is 10.6 Å². The highest BCUT2D eigenvalue weighted by atomic mass is 32.1. The molecular weight excluding hydrogens is 246 g/mol. The number of aryl methyl sites for hydroxylation is 2. The third-order valence-electron chi connectivity index (χ3n) is 3.45. The maximum atomic E-state index is 12.1. The van der Waals surface area contributed by atoms with Gasteiger partial charge in [-0.2, -0.15) is 0 Å². The van der Waals surface area contributed by atoms with Gasteiger partial charge in [0.1, 0.15) is 0 Å². The van der Waals surface area contributed by atoms with Gasteiger partial charge in [-0.1, -0.05) is 6.92 Å². The zero-order valence-electron chi connectivity index (χ0n) is 11.2. The molecule has 1 amide bonds. The molecule has 100 valence electrons. The van der Waals surface area contributed by atoms with Crippen LogP contribution in [0.25, 0.3) is 0 Å². The second kappa shape index (κ2) is 5.80. The number of piperidine rings is 1. The summed E-state index contributed by atoms with van der Waals surface area (Å²) in [6.45, 7) is 7.19. The van der Waals surface area contributed by atoms with Gasteiger partial charge in [0.2, 0.25) is 5.91 Å². The summed E-state index contributed by atoms with van der Waals surface area (Å²) in [4.78, 5) is 17.8. The number of hydrogen-bond donors (Lipinski definition) is 2. The van der Waals surface area contributed by atoms with E-state index in [9.17, 15) is 4.79 Å². The van der Waals surface area contributed by atoms with E-state index < -0.39 is 0 Å². The Hall–Kier alpha value is -0.940. The van der Waals surface area contributed by atoms with Crippen molar-refractivity contribution in [2.45, 2.75) is 46.1 Å². The van der Waals surface area contributed by atoms with Crippen molar-refractivity contribution in [2.75, 3.05) is 11.9 Å². The van der Waals surface area contributed by atoms with E-state index in [4.69, 9.17) is 0 Å². The molecule has 1 fully saturated rings. The molecule has 2 rings (SSSR count). The molecule has 1 aliphatic heterocycles. The molecule has 0 spiro atoms. The SMILES string of the molecule is CCc1nc(NC(=O)[C@H]2CCN[C@@H](C)C2)sc1C. The molecule has 1 aliphatic rings. The number of carbonyl (C=O) groups excluding carboxylic acids is 1. The third-order valence-corrected chi connectivity index (χ3v) is 4.38. The molecule has 2 atom stereocenters. The van der Waals surface area contributed by atoms with E-state index >= 15 is 0 Å². The molecule has 4 nitrogen and oxygen atoms in total. The Morgan fingerprint density at radius 3 is 3.00 bits per heavy atom. The van der Waals surface area contributed by atoms with Crippen molar-refractivity contribution < 1.29 is 4.79 Å². The van der Waals surface area contributed by atoms with Crippen LogP contribution in [-0.4, -0.2) is 23.5 Å². The van der Waals surface area contributed by atoms with Crippen LogP contribution in [0.15, 0.2) is 0 Å². The third kappa shape index (κ3) is 3.09. The molecule has 0 aliphatic carbocycles. The Morgan fingerprint density at radius 2 is 2.39 bits per heavy atom. The Bertz CT molecular complexity index is 430. The van der Waals surface area contributed by atoms with Gasteiger partial charge in [-0.15, -0.1) is 11.3 Å². The number of thiazole rings is 1. The average molecular weight is 267 g/mol. The van der Waals surface area contributed by atoms with Gasteiger partial charge in [0.25, 0.3) is 0 Å². The predicted octanol–water partition coefficient (Wildman–Crippen LogP) is 2.34. The minimum Gasteiger partial charge on any atom is -0.314 e. The zero-order chi connectivity index (χ0) is 13.1. The number of nitrogens with one attached hydrogen (secondary N) is 2. The van der Waals surface area contributed by atoms with Crippen molar-refractivity contribution in [1.82, 2.24) is 10.3 Å². The number of hydrogen-bond acceptors (Lipinski definition) is 4. The lowest BCUT2D eigenvalue weighted by atomic mass is 9.92. The van der Waals surface area contributed by atoms with Crippen LogP contribution in [0.4, 0.5) is 5.13 Å². The van der Waals surface area contributed by atoms with Gasteiger partial charge in [0, 0.05) is 16.8 Å². The lowest BCUT2D eigenvalue weighted by Crippen LogP contribution is -2.40. The van der Waals surface area contributed by atoms with Crippen LogP contribution in [0, 0.1) is 12.8 Å². The van der Waals surface area contributed by atoms with Gasteiger partial charge >= 0.3 is 0 Å². The van der Waals surface area contributed by atoms with Gasteiger partial charge in [-0.25, -0.2) is 4.98 Å². The summed E-state index contributed by atoms with van der Waals surface area (Å²) in [5, 5.41) is 7.08. The quantitative estimate of drug-likeness (QED) is 0.884. The zero-order valence-corrected chi connectivity index (χ0v) is 12.1. The summed E-state index contributed by atoms with van der Waals surface area (Å²) < 4.78 is 0. The summed E-state index contributed by atoms with van der Waals surface area (Å²) in [7, 11) is 0. The molecule has 0 unspecified atom stereocenters. The highest BCUT2D eigenvalue weighted by Gasteiger charge is 2.25. The molecule has 5 heteroatoms. The maximum Gasteiger partial charge on any atom is 0.229 e. The molecule has 0 aromatic carbocycles. The highest BCUT2D eigenvalue weighted by Crippen LogP contribution is 2.24. The van der Waals surface area contributed by atoms with Crippen LogP contribution in [0.3, 0.4) is 0 Å². The second-order valence-electron chi connectivity index (χ2n) is 4.94. The van der Waals surface area contributed by atoms with Crippen molar-refractivity contribution >= 4 is 22.4 Å². The fourth-order valence-corrected chi connectivity index (χ4v) is 3.29. The number of rotatable bonds is 3. The fourth-order valence-electron chi connectivity index (χ4n) is 2.39. The summed E-state index contributed by atoms with van der Waals surface area (Å²) in [6, 6.07) is 0.429. The monoisotopic (exact) mass is 267 g/mol. The van der Waals surface area contributed by atoms with Gasteiger partial charge in [-0.05, 0) is 39.7 Å². The summed E-state index contributed by atoms with van der Waals surface area (Å²) in [5.41, 5.74) is 1.09. The van der Waals surface area contributed by atoms with E-state index in [2.05, 4.69) is 36.4 Å². The standard InChI is InChI=1S/C13H21N3OS/c1-4-11-9(3)18-13(15-11)16-12(17)10-5-6-14-8(2)7-10/h8,10,14H,4-7H2,1-3H3,(H,15,16,17)/t8-,10-/m0/s1. The van der Waals surface area contributed by atoms with E-state index in [-0.39, 0.29) is 11.8 Å². The molecule has 18 heavy (non-hydrogen) atoms. The van der Waals surface area contributed by atoms with Crippen LogP contribution >= 0.6 is 11.3 Å². The van der Waals surface area contributed by atoms with Gasteiger partial charge in [0.15, 0.2) is 5.13 Å². The Kier molecular flexibility index (Phi) is 4.35. The molecule has 2 N–H and O–H groups in total.